The highest BCUT2D eigenvalue weighted by Gasteiger charge is 2.12. The Bertz CT molecular complexity index is 671. The van der Waals surface area contributed by atoms with E-state index in [0.717, 1.165) is 12.2 Å². The Morgan fingerprint density at radius 3 is 2.57 bits per heavy atom. The van der Waals surface area contributed by atoms with E-state index in [1.807, 2.05) is 0 Å². The Morgan fingerprint density at radius 2 is 1.96 bits per heavy atom. The number of carbonyl (C=O) groups excluding carboxylic acids is 1. The number of carbonyl (C=O) groups is 1. The van der Waals surface area contributed by atoms with Gasteiger partial charge >= 0.3 is 0 Å². The molecular weight excluding hydrogens is 292 g/mol. The lowest BCUT2D eigenvalue weighted by atomic mass is 10.2. The zero-order valence-electron chi connectivity index (χ0n) is 13.9. The van der Waals surface area contributed by atoms with Crippen LogP contribution in [0.1, 0.15) is 36.6 Å². The van der Waals surface area contributed by atoms with E-state index >= 15 is 0 Å². The summed E-state index contributed by atoms with van der Waals surface area (Å²) in [4.78, 5) is 20.9. The summed E-state index contributed by atoms with van der Waals surface area (Å²) in [5, 5.41) is 6.08. The van der Waals surface area contributed by atoms with Crippen molar-refractivity contribution in [1.82, 2.24) is 9.97 Å². The molecule has 23 heavy (non-hydrogen) atoms. The number of hydrogen-bond acceptors (Lipinski definition) is 5. The first kappa shape index (κ1) is 16.7. The second-order valence-corrected chi connectivity index (χ2v) is 5.32. The number of benzene rings is 1. The van der Waals surface area contributed by atoms with E-state index < -0.39 is 0 Å². The molecule has 0 spiro atoms. The zero-order valence-corrected chi connectivity index (χ0v) is 13.9. The molecular formula is C17H22N4O2. The second-order valence-electron chi connectivity index (χ2n) is 5.32. The average molecular weight is 314 g/mol. The van der Waals surface area contributed by atoms with Gasteiger partial charge in [0.2, 0.25) is 0 Å². The summed E-state index contributed by atoms with van der Waals surface area (Å²) in [5.41, 5.74) is 1.02. The van der Waals surface area contributed by atoms with Gasteiger partial charge in [-0.2, -0.15) is 0 Å². The Labute approximate surface area is 136 Å². The number of aryl methyl sites for hydroxylation is 1. The van der Waals surface area contributed by atoms with Crippen LogP contribution in [0.5, 0.6) is 5.75 Å². The lowest BCUT2D eigenvalue weighted by molar-refractivity contribution is 0.102. The number of methoxy groups -OCH3 is 1. The molecule has 0 fully saturated rings. The molecule has 1 unspecified atom stereocenters. The number of hydrogen-bond donors (Lipinski definition) is 2. The van der Waals surface area contributed by atoms with E-state index in [4.69, 9.17) is 4.74 Å². The fourth-order valence-corrected chi connectivity index (χ4v) is 1.98. The summed E-state index contributed by atoms with van der Waals surface area (Å²) in [5.74, 6) is 1.68. The molecule has 1 aromatic carbocycles. The molecule has 1 amide bonds. The molecule has 122 valence electrons. The first-order chi connectivity index (χ1) is 11.0. The van der Waals surface area contributed by atoms with Crippen molar-refractivity contribution >= 4 is 17.4 Å². The third kappa shape index (κ3) is 4.67. The van der Waals surface area contributed by atoms with Gasteiger partial charge in [-0.15, -0.1) is 0 Å². The average Bonchev–Trinajstić information content (AvgIpc) is 2.54. The van der Waals surface area contributed by atoms with Crippen LogP contribution in [-0.4, -0.2) is 29.0 Å². The van der Waals surface area contributed by atoms with Crippen LogP contribution in [0.15, 0.2) is 30.3 Å². The van der Waals surface area contributed by atoms with Gasteiger partial charge in [0.1, 0.15) is 23.1 Å². The van der Waals surface area contributed by atoms with Gasteiger partial charge in [-0.25, -0.2) is 9.97 Å². The Hall–Kier alpha value is -2.63. The molecule has 1 heterocycles. The van der Waals surface area contributed by atoms with E-state index in [1.165, 1.54) is 0 Å². The smallest absolute Gasteiger partial charge is 0.274 e. The van der Waals surface area contributed by atoms with Crippen LogP contribution in [0.4, 0.5) is 11.5 Å². The summed E-state index contributed by atoms with van der Waals surface area (Å²) in [6.07, 6.45) is 0.969. The van der Waals surface area contributed by atoms with Crippen LogP contribution in [0, 0.1) is 6.92 Å². The summed E-state index contributed by atoms with van der Waals surface area (Å²) < 4.78 is 5.10. The molecule has 0 saturated heterocycles. The Kier molecular flexibility index (Phi) is 5.51. The molecule has 0 saturated carbocycles. The molecule has 1 atom stereocenters. The summed E-state index contributed by atoms with van der Waals surface area (Å²) in [6.45, 7) is 5.92. The van der Waals surface area contributed by atoms with Crippen molar-refractivity contribution < 1.29 is 9.53 Å². The quantitative estimate of drug-likeness (QED) is 0.856. The van der Waals surface area contributed by atoms with Crippen LogP contribution < -0.4 is 15.4 Å². The third-order valence-corrected chi connectivity index (χ3v) is 3.43. The van der Waals surface area contributed by atoms with Gasteiger partial charge in [0.15, 0.2) is 0 Å². The minimum atomic E-state index is -0.270. The number of aromatic nitrogens is 2. The molecule has 2 aromatic rings. The molecule has 0 aliphatic carbocycles. The van der Waals surface area contributed by atoms with Crippen LogP contribution in [0.2, 0.25) is 0 Å². The first-order valence-electron chi connectivity index (χ1n) is 7.59. The van der Waals surface area contributed by atoms with Crippen LogP contribution in [0.3, 0.4) is 0 Å². The Balaban J connectivity index is 2.14. The molecule has 2 N–H and O–H groups in total. The van der Waals surface area contributed by atoms with Crippen molar-refractivity contribution in [1.29, 1.82) is 0 Å². The predicted octanol–water partition coefficient (Wildman–Crippen LogP) is 3.26. The van der Waals surface area contributed by atoms with Crippen molar-refractivity contribution in [3.8, 4) is 5.75 Å². The molecule has 0 radical (unpaired) electrons. The van der Waals surface area contributed by atoms with E-state index in [1.54, 1.807) is 44.4 Å². The highest BCUT2D eigenvalue weighted by atomic mass is 16.5. The van der Waals surface area contributed by atoms with Crippen LogP contribution in [0.25, 0.3) is 0 Å². The number of nitrogens with one attached hydrogen (secondary N) is 2. The zero-order chi connectivity index (χ0) is 16.8. The van der Waals surface area contributed by atoms with Crippen molar-refractivity contribution in [3.63, 3.8) is 0 Å². The third-order valence-electron chi connectivity index (χ3n) is 3.43. The lowest BCUT2D eigenvalue weighted by Gasteiger charge is -2.13. The second kappa shape index (κ2) is 7.58. The molecule has 6 nitrogen and oxygen atoms in total. The normalized spacial score (nSPS) is 11.7. The minimum absolute atomic E-state index is 0.270. The van der Waals surface area contributed by atoms with Crippen molar-refractivity contribution in [2.24, 2.45) is 0 Å². The molecule has 2 rings (SSSR count). The predicted molar refractivity (Wildman–Crippen MR) is 91.1 cm³/mol. The standard InChI is InChI=1S/C17H22N4O2/c1-5-11(2)18-16-10-15(19-12(3)20-16)17(22)21-13-6-8-14(23-4)9-7-13/h6-11H,5H2,1-4H3,(H,21,22)(H,18,19,20). The van der Waals surface area contributed by atoms with Crippen LogP contribution in [-0.2, 0) is 0 Å². The number of amides is 1. The number of nitrogens with zero attached hydrogens (tertiary/aromatic N) is 2. The van der Waals surface area contributed by atoms with Gasteiger partial charge in [0, 0.05) is 17.8 Å². The van der Waals surface area contributed by atoms with Gasteiger partial charge in [-0.05, 0) is 44.5 Å². The van der Waals surface area contributed by atoms with E-state index in [2.05, 4.69) is 34.4 Å². The summed E-state index contributed by atoms with van der Waals surface area (Å²) >= 11 is 0. The largest absolute Gasteiger partial charge is 0.497 e. The Morgan fingerprint density at radius 1 is 1.26 bits per heavy atom. The highest BCUT2D eigenvalue weighted by molar-refractivity contribution is 6.03. The number of rotatable bonds is 6. The topological polar surface area (TPSA) is 76.1 Å². The van der Waals surface area contributed by atoms with Crippen LogP contribution >= 0.6 is 0 Å². The maximum Gasteiger partial charge on any atom is 0.274 e. The highest BCUT2D eigenvalue weighted by Crippen LogP contribution is 2.16. The maximum atomic E-state index is 12.4. The molecule has 0 aliphatic rings. The minimum Gasteiger partial charge on any atom is -0.497 e. The fourth-order valence-electron chi connectivity index (χ4n) is 1.98. The molecule has 1 aromatic heterocycles. The van der Waals surface area contributed by atoms with Crippen molar-refractivity contribution in [2.45, 2.75) is 33.2 Å². The SMILES string of the molecule is CCC(C)Nc1cc(C(=O)Nc2ccc(OC)cc2)nc(C)n1. The van der Waals surface area contributed by atoms with Gasteiger partial charge < -0.3 is 15.4 Å². The van der Waals surface area contributed by atoms with Crippen molar-refractivity contribution in [3.05, 3.63) is 41.9 Å². The van der Waals surface area contributed by atoms with Gasteiger partial charge in [-0.3, -0.25) is 4.79 Å². The lowest BCUT2D eigenvalue weighted by Crippen LogP contribution is -2.18. The van der Waals surface area contributed by atoms with Gasteiger partial charge in [-0.1, -0.05) is 6.92 Å². The monoisotopic (exact) mass is 314 g/mol. The summed E-state index contributed by atoms with van der Waals surface area (Å²) in [6, 6.07) is 9.08. The number of ether oxygens (including phenoxy) is 1. The molecule has 0 aliphatic heterocycles. The summed E-state index contributed by atoms with van der Waals surface area (Å²) in [7, 11) is 1.60. The maximum absolute atomic E-state index is 12.4. The molecule has 6 heteroatoms. The van der Waals surface area contributed by atoms with E-state index in [0.29, 0.717) is 23.0 Å². The van der Waals surface area contributed by atoms with Gasteiger partial charge in [0.05, 0.1) is 7.11 Å². The van der Waals surface area contributed by atoms with E-state index in [-0.39, 0.29) is 11.9 Å². The fraction of sp³-hybridized carbons (Fsp3) is 0.353. The first-order valence-corrected chi connectivity index (χ1v) is 7.59. The van der Waals surface area contributed by atoms with Gasteiger partial charge in [0.25, 0.3) is 5.91 Å². The molecule has 0 bridgehead atoms. The van der Waals surface area contributed by atoms with E-state index in [9.17, 15) is 4.79 Å². The van der Waals surface area contributed by atoms with Crippen molar-refractivity contribution in [2.75, 3.05) is 17.7 Å². The number of anilines is 2.